The number of hydrogen-bond acceptors (Lipinski definition) is 5. The molecule has 0 unspecified atom stereocenters. The summed E-state index contributed by atoms with van der Waals surface area (Å²) in [6.07, 6.45) is 6.89. The van der Waals surface area contributed by atoms with E-state index in [1.54, 1.807) is 13.1 Å². The quantitative estimate of drug-likeness (QED) is 0.782. The number of hydrogen-bond donors (Lipinski definition) is 0. The maximum atomic E-state index is 13.9. The van der Waals surface area contributed by atoms with Crippen molar-refractivity contribution in [1.82, 2.24) is 20.2 Å². The summed E-state index contributed by atoms with van der Waals surface area (Å²) >= 11 is 0. The zero-order valence-corrected chi connectivity index (χ0v) is 17.0. The summed E-state index contributed by atoms with van der Waals surface area (Å²) in [5, 5.41) is 9.87. The number of rotatable bonds is 4. The first-order valence-corrected chi connectivity index (χ1v) is 10.4. The second-order valence-corrected chi connectivity index (χ2v) is 8.23. The molecular weight excluding hydrogens is 371 g/mol. The molecule has 7 heteroatoms. The van der Waals surface area contributed by atoms with Gasteiger partial charge in [0.15, 0.2) is 0 Å². The van der Waals surface area contributed by atoms with Crippen molar-refractivity contribution < 1.29 is 14.0 Å². The van der Waals surface area contributed by atoms with Crippen LogP contribution in [0.5, 0.6) is 0 Å². The van der Waals surface area contributed by atoms with Crippen LogP contribution in [0.15, 0.2) is 24.4 Å². The first kappa shape index (κ1) is 19.9. The van der Waals surface area contributed by atoms with Crippen molar-refractivity contribution in [2.24, 2.45) is 11.8 Å². The van der Waals surface area contributed by atoms with Crippen LogP contribution in [0.2, 0.25) is 0 Å². The normalized spacial score (nSPS) is 24.7. The van der Waals surface area contributed by atoms with E-state index >= 15 is 0 Å². The Kier molecular flexibility index (Phi) is 5.85. The van der Waals surface area contributed by atoms with E-state index in [4.69, 9.17) is 4.84 Å². The molecule has 3 heterocycles. The Labute approximate surface area is 170 Å². The fourth-order valence-corrected chi connectivity index (χ4v) is 4.32. The van der Waals surface area contributed by atoms with Gasteiger partial charge in [-0.25, -0.2) is 9.45 Å². The van der Waals surface area contributed by atoms with Gasteiger partial charge >= 0.3 is 0 Å². The molecule has 2 aromatic rings. The lowest BCUT2D eigenvalue weighted by molar-refractivity contribution is -0.183. The molecule has 0 bridgehead atoms. The predicted octanol–water partition coefficient (Wildman–Crippen LogP) is 3.88. The van der Waals surface area contributed by atoms with Gasteiger partial charge in [0.2, 0.25) is 5.91 Å². The largest absolute Gasteiger partial charge is 0.272 e. The van der Waals surface area contributed by atoms with Crippen LogP contribution in [0.1, 0.15) is 60.8 Å². The lowest BCUT2D eigenvalue weighted by Crippen LogP contribution is -2.37. The predicted molar refractivity (Wildman–Crippen MR) is 105 cm³/mol. The van der Waals surface area contributed by atoms with Gasteiger partial charge in [-0.15, -0.1) is 0 Å². The molecule has 1 saturated heterocycles. The second kappa shape index (κ2) is 8.53. The smallest absolute Gasteiger partial charge is 0.249 e. The molecule has 0 aromatic carbocycles. The number of carbonyl (C=O) groups is 1. The molecule has 29 heavy (non-hydrogen) atoms. The molecule has 154 valence electrons. The maximum absolute atomic E-state index is 13.9. The van der Waals surface area contributed by atoms with Gasteiger partial charge in [0.05, 0.1) is 29.7 Å². The van der Waals surface area contributed by atoms with Crippen LogP contribution < -0.4 is 0 Å². The number of hydroxylamine groups is 2. The number of amides is 1. The van der Waals surface area contributed by atoms with Crippen molar-refractivity contribution >= 4 is 5.91 Å². The van der Waals surface area contributed by atoms with Crippen LogP contribution in [-0.2, 0) is 16.1 Å². The number of carbonyl (C=O) groups excluding carboxylic acids is 1. The third-order valence-electron chi connectivity index (χ3n) is 6.10. The second-order valence-electron chi connectivity index (χ2n) is 8.23. The van der Waals surface area contributed by atoms with Gasteiger partial charge in [-0.2, -0.15) is 10.2 Å². The summed E-state index contributed by atoms with van der Waals surface area (Å²) in [4.78, 5) is 22.9. The highest BCUT2D eigenvalue weighted by Gasteiger charge is 2.37. The van der Waals surface area contributed by atoms with Crippen LogP contribution in [0, 0.1) is 31.5 Å². The molecule has 6 nitrogen and oxygen atoms in total. The van der Waals surface area contributed by atoms with E-state index in [1.165, 1.54) is 11.1 Å². The average Bonchev–Trinajstić information content (AvgIpc) is 3.22. The Bertz CT molecular complexity index is 866. The van der Waals surface area contributed by atoms with E-state index in [0.29, 0.717) is 30.2 Å². The van der Waals surface area contributed by atoms with Gasteiger partial charge < -0.3 is 0 Å². The molecule has 4 rings (SSSR count). The Morgan fingerprint density at radius 1 is 1.17 bits per heavy atom. The molecule has 1 amide bonds. The number of nitrogens with zero attached hydrogens (tertiary/aromatic N) is 4. The van der Waals surface area contributed by atoms with Crippen LogP contribution in [0.25, 0.3) is 0 Å². The molecule has 2 fully saturated rings. The fraction of sp³-hybridized carbons (Fsp3) is 0.545. The van der Waals surface area contributed by atoms with Gasteiger partial charge in [-0.1, -0.05) is 0 Å². The minimum Gasteiger partial charge on any atom is -0.272 e. The Morgan fingerprint density at radius 2 is 1.97 bits per heavy atom. The highest BCUT2D eigenvalue weighted by atomic mass is 19.1. The van der Waals surface area contributed by atoms with Crippen molar-refractivity contribution in [2.45, 2.75) is 58.4 Å². The number of aryl methyl sites for hydroxylation is 2. The van der Waals surface area contributed by atoms with Gasteiger partial charge in [-0.05, 0) is 75.6 Å². The summed E-state index contributed by atoms with van der Waals surface area (Å²) in [5.74, 6) is 0.157. The molecule has 0 spiro atoms. The summed E-state index contributed by atoms with van der Waals surface area (Å²) in [6.45, 7) is 4.03. The van der Waals surface area contributed by atoms with Crippen molar-refractivity contribution in [1.29, 1.82) is 0 Å². The van der Waals surface area contributed by atoms with E-state index in [2.05, 4.69) is 15.2 Å². The molecule has 0 radical (unpaired) electrons. The van der Waals surface area contributed by atoms with Crippen molar-refractivity contribution in [3.8, 4) is 0 Å². The molecule has 1 atom stereocenters. The van der Waals surface area contributed by atoms with E-state index in [-0.39, 0.29) is 23.7 Å². The maximum Gasteiger partial charge on any atom is 0.249 e. The van der Waals surface area contributed by atoms with Crippen molar-refractivity contribution in [3.63, 3.8) is 0 Å². The Hall–Kier alpha value is -2.41. The SMILES string of the molecule is Cc1ccc(C[C@H]2CC[C@H](C(=O)N3OCC[C@H]3c3cnc(C)c(F)c3)CC2)nn1. The summed E-state index contributed by atoms with van der Waals surface area (Å²) in [5.41, 5.74) is 3.00. The summed E-state index contributed by atoms with van der Waals surface area (Å²) in [7, 11) is 0. The van der Waals surface area contributed by atoms with Gasteiger partial charge in [0, 0.05) is 18.5 Å². The van der Waals surface area contributed by atoms with Gasteiger partial charge in [0.1, 0.15) is 5.82 Å². The Balaban J connectivity index is 1.36. The lowest BCUT2D eigenvalue weighted by atomic mass is 9.79. The summed E-state index contributed by atoms with van der Waals surface area (Å²) in [6, 6.07) is 5.24. The van der Waals surface area contributed by atoms with E-state index < -0.39 is 0 Å². The first-order valence-electron chi connectivity index (χ1n) is 10.4. The molecule has 0 N–H and O–H groups in total. The Morgan fingerprint density at radius 3 is 2.66 bits per heavy atom. The van der Waals surface area contributed by atoms with Crippen LogP contribution in [-0.4, -0.2) is 32.8 Å². The number of pyridine rings is 1. The van der Waals surface area contributed by atoms with Gasteiger partial charge in [-0.3, -0.25) is 14.6 Å². The standard InChI is InChI=1S/C22H27FN4O2/c1-14-3-8-19(26-25-14)11-16-4-6-17(7-5-16)22(28)27-21(9-10-29-27)18-12-20(23)15(2)24-13-18/h3,8,12-13,16-17,21H,4-7,9-11H2,1-2H3/t16-,17-,21-/m0/s1. The molecular formula is C22H27FN4O2. The van der Waals surface area contributed by atoms with Crippen molar-refractivity contribution in [2.75, 3.05) is 6.61 Å². The van der Waals surface area contributed by atoms with Crippen LogP contribution in [0.4, 0.5) is 4.39 Å². The summed E-state index contributed by atoms with van der Waals surface area (Å²) < 4.78 is 13.9. The zero-order valence-electron chi connectivity index (χ0n) is 17.0. The monoisotopic (exact) mass is 398 g/mol. The topological polar surface area (TPSA) is 68.2 Å². The molecule has 2 aromatic heterocycles. The fourth-order valence-electron chi connectivity index (χ4n) is 4.32. The van der Waals surface area contributed by atoms with Gasteiger partial charge in [0.25, 0.3) is 0 Å². The van der Waals surface area contributed by atoms with E-state index in [1.807, 2.05) is 19.1 Å². The average molecular weight is 398 g/mol. The molecule has 2 aliphatic rings. The van der Waals surface area contributed by atoms with Crippen LogP contribution in [0.3, 0.4) is 0 Å². The minimum absolute atomic E-state index is 0.0158. The van der Waals surface area contributed by atoms with Crippen molar-refractivity contribution in [3.05, 3.63) is 52.9 Å². The van der Waals surface area contributed by atoms with Crippen LogP contribution >= 0.6 is 0 Å². The zero-order chi connectivity index (χ0) is 20.4. The third-order valence-corrected chi connectivity index (χ3v) is 6.10. The molecule has 1 aliphatic heterocycles. The lowest BCUT2D eigenvalue weighted by Gasteiger charge is -2.31. The molecule has 1 saturated carbocycles. The highest BCUT2D eigenvalue weighted by molar-refractivity contribution is 5.78. The molecule has 1 aliphatic carbocycles. The number of halogens is 1. The van der Waals surface area contributed by atoms with E-state index in [9.17, 15) is 9.18 Å². The third kappa shape index (κ3) is 4.45. The first-order chi connectivity index (χ1) is 14.0. The minimum atomic E-state index is -0.346. The highest BCUT2D eigenvalue weighted by Crippen LogP contribution is 2.37. The number of aromatic nitrogens is 3. The van der Waals surface area contributed by atoms with E-state index in [0.717, 1.165) is 43.5 Å².